The Balaban J connectivity index is 2.47. The molecule has 2 rings (SSSR count). The third-order valence-electron chi connectivity index (χ3n) is 3.14. The van der Waals surface area contributed by atoms with Gasteiger partial charge >= 0.3 is 0 Å². The summed E-state index contributed by atoms with van der Waals surface area (Å²) in [6.45, 7) is 0. The molecule has 0 aromatic heterocycles. The minimum absolute atomic E-state index is 0.259. The Morgan fingerprint density at radius 1 is 1.05 bits per heavy atom. The molecule has 0 amide bonds. The van der Waals surface area contributed by atoms with Crippen LogP contribution in [0.2, 0.25) is 5.02 Å². The molecule has 0 aliphatic carbocycles. The minimum atomic E-state index is -1.48. The smallest absolute Gasteiger partial charge is 0.194 e. The summed E-state index contributed by atoms with van der Waals surface area (Å²) < 4.78 is 44.8. The lowest BCUT2D eigenvalue weighted by Gasteiger charge is -2.18. The highest BCUT2D eigenvalue weighted by Crippen LogP contribution is 2.31. The van der Waals surface area contributed by atoms with E-state index in [-0.39, 0.29) is 5.56 Å². The van der Waals surface area contributed by atoms with E-state index in [1.54, 1.807) is 25.2 Å². The van der Waals surface area contributed by atoms with Gasteiger partial charge in [-0.2, -0.15) is 0 Å². The van der Waals surface area contributed by atoms with Gasteiger partial charge in [0.25, 0.3) is 0 Å². The van der Waals surface area contributed by atoms with Gasteiger partial charge < -0.3 is 10.1 Å². The molecule has 1 unspecified atom stereocenters. The van der Waals surface area contributed by atoms with E-state index in [0.717, 1.165) is 12.1 Å². The Labute approximate surface area is 125 Å². The Bertz CT molecular complexity index is 640. The van der Waals surface area contributed by atoms with Crippen molar-refractivity contribution in [3.63, 3.8) is 0 Å². The van der Waals surface area contributed by atoms with E-state index in [4.69, 9.17) is 16.3 Å². The number of ether oxygens (including phenoxy) is 1. The lowest BCUT2D eigenvalue weighted by Crippen LogP contribution is -2.18. The first kappa shape index (κ1) is 15.7. The fourth-order valence-electron chi connectivity index (χ4n) is 2.13. The van der Waals surface area contributed by atoms with Gasteiger partial charge in [0.05, 0.1) is 18.2 Å². The molecular weight excluding hydrogens is 303 g/mol. The van der Waals surface area contributed by atoms with Crippen molar-refractivity contribution in [3.8, 4) is 5.75 Å². The third kappa shape index (κ3) is 3.14. The van der Waals surface area contributed by atoms with E-state index in [1.807, 2.05) is 0 Å². The lowest BCUT2D eigenvalue weighted by atomic mass is 9.98. The summed E-state index contributed by atoms with van der Waals surface area (Å²) >= 11 is 6.04. The van der Waals surface area contributed by atoms with E-state index in [0.29, 0.717) is 16.3 Å². The molecule has 6 heteroatoms. The van der Waals surface area contributed by atoms with Crippen LogP contribution in [0.15, 0.2) is 30.3 Å². The molecule has 2 aromatic rings. The summed E-state index contributed by atoms with van der Waals surface area (Å²) in [5.41, 5.74) is 0.934. The molecule has 0 saturated heterocycles. The number of halogens is 4. The van der Waals surface area contributed by atoms with Gasteiger partial charge in [-0.1, -0.05) is 17.7 Å². The molecule has 0 aliphatic heterocycles. The molecule has 0 radical (unpaired) electrons. The normalized spacial score (nSPS) is 12.3. The van der Waals surface area contributed by atoms with E-state index in [9.17, 15) is 13.2 Å². The summed E-state index contributed by atoms with van der Waals surface area (Å²) in [5, 5.41) is 3.29. The second-order valence-corrected chi connectivity index (χ2v) is 4.82. The highest BCUT2D eigenvalue weighted by Gasteiger charge is 2.18. The second kappa shape index (κ2) is 6.37. The molecular formula is C15H13ClF3NO. The number of benzene rings is 2. The van der Waals surface area contributed by atoms with Gasteiger partial charge in [-0.05, 0) is 42.4 Å². The monoisotopic (exact) mass is 315 g/mol. The van der Waals surface area contributed by atoms with Crippen LogP contribution >= 0.6 is 11.6 Å². The van der Waals surface area contributed by atoms with Gasteiger partial charge in [0.2, 0.25) is 0 Å². The van der Waals surface area contributed by atoms with Crippen molar-refractivity contribution >= 4 is 11.6 Å². The van der Waals surface area contributed by atoms with Crippen molar-refractivity contribution in [2.45, 2.75) is 6.04 Å². The maximum atomic E-state index is 13.4. The predicted molar refractivity (Wildman–Crippen MR) is 75.2 cm³/mol. The summed E-state index contributed by atoms with van der Waals surface area (Å²) in [7, 11) is 3.11. The number of hydrogen-bond donors (Lipinski definition) is 1. The number of methoxy groups -OCH3 is 1. The maximum Gasteiger partial charge on any atom is 0.194 e. The van der Waals surface area contributed by atoms with Crippen LogP contribution in [0, 0.1) is 17.5 Å². The zero-order chi connectivity index (χ0) is 15.6. The molecule has 112 valence electrons. The van der Waals surface area contributed by atoms with Crippen molar-refractivity contribution in [2.75, 3.05) is 14.2 Å². The van der Waals surface area contributed by atoms with Crippen LogP contribution < -0.4 is 10.1 Å². The Kier molecular flexibility index (Phi) is 4.75. The molecule has 0 bridgehead atoms. The van der Waals surface area contributed by atoms with Crippen molar-refractivity contribution in [3.05, 3.63) is 63.9 Å². The molecule has 0 saturated carbocycles. The number of nitrogens with one attached hydrogen (secondary N) is 1. The van der Waals surface area contributed by atoms with E-state index in [2.05, 4.69) is 5.32 Å². The second-order valence-electron chi connectivity index (χ2n) is 4.41. The van der Waals surface area contributed by atoms with Crippen molar-refractivity contribution in [1.29, 1.82) is 0 Å². The molecule has 0 heterocycles. The molecule has 1 atom stereocenters. The molecule has 0 spiro atoms. The van der Waals surface area contributed by atoms with Crippen molar-refractivity contribution in [1.82, 2.24) is 5.32 Å². The minimum Gasteiger partial charge on any atom is -0.495 e. The Morgan fingerprint density at radius 2 is 1.67 bits per heavy atom. The van der Waals surface area contributed by atoms with E-state index >= 15 is 0 Å². The lowest BCUT2D eigenvalue weighted by molar-refractivity contribution is 0.414. The molecule has 0 fully saturated rings. The third-order valence-corrected chi connectivity index (χ3v) is 3.43. The Hall–Kier alpha value is -1.72. The first-order chi connectivity index (χ1) is 9.97. The highest BCUT2D eigenvalue weighted by molar-refractivity contribution is 6.32. The number of hydrogen-bond acceptors (Lipinski definition) is 2. The van der Waals surface area contributed by atoms with Gasteiger partial charge in [0.1, 0.15) is 5.75 Å². The largest absolute Gasteiger partial charge is 0.495 e. The average molecular weight is 316 g/mol. The maximum absolute atomic E-state index is 13.4. The van der Waals surface area contributed by atoms with E-state index in [1.165, 1.54) is 7.11 Å². The summed E-state index contributed by atoms with van der Waals surface area (Å²) in [5.74, 6) is -3.46. The van der Waals surface area contributed by atoms with Crippen molar-refractivity contribution in [2.24, 2.45) is 0 Å². The fraction of sp³-hybridized carbons (Fsp3) is 0.200. The fourth-order valence-corrected chi connectivity index (χ4v) is 2.40. The van der Waals surface area contributed by atoms with Gasteiger partial charge in [-0.15, -0.1) is 0 Å². The molecule has 2 aromatic carbocycles. The number of rotatable bonds is 4. The quantitative estimate of drug-likeness (QED) is 0.859. The molecule has 1 N–H and O–H groups in total. The van der Waals surface area contributed by atoms with Gasteiger partial charge in [-0.3, -0.25) is 0 Å². The first-order valence-electron chi connectivity index (χ1n) is 6.13. The van der Waals surface area contributed by atoms with Gasteiger partial charge in [-0.25, -0.2) is 13.2 Å². The standard InChI is InChI=1S/C15H13ClF3NO/c1-20-15(8-3-4-13(21-2)10(16)5-8)9-6-11(17)14(19)12(18)7-9/h3-7,15,20H,1-2H3. The zero-order valence-electron chi connectivity index (χ0n) is 11.4. The van der Waals surface area contributed by atoms with Crippen LogP contribution in [0.3, 0.4) is 0 Å². The predicted octanol–water partition coefficient (Wildman–Crippen LogP) is 4.07. The average Bonchev–Trinajstić information content (AvgIpc) is 2.45. The van der Waals surface area contributed by atoms with Crippen LogP contribution in [-0.2, 0) is 0 Å². The SMILES string of the molecule is CNC(c1cc(F)c(F)c(F)c1)c1ccc(OC)c(Cl)c1. The summed E-state index contributed by atoms with van der Waals surface area (Å²) in [4.78, 5) is 0. The van der Waals surface area contributed by atoms with Crippen LogP contribution in [0.4, 0.5) is 13.2 Å². The van der Waals surface area contributed by atoms with E-state index < -0.39 is 23.5 Å². The highest BCUT2D eigenvalue weighted by atomic mass is 35.5. The van der Waals surface area contributed by atoms with Crippen LogP contribution in [0.5, 0.6) is 5.75 Å². The van der Waals surface area contributed by atoms with Gasteiger partial charge in [0, 0.05) is 0 Å². The zero-order valence-corrected chi connectivity index (χ0v) is 12.1. The first-order valence-corrected chi connectivity index (χ1v) is 6.51. The molecule has 21 heavy (non-hydrogen) atoms. The van der Waals surface area contributed by atoms with Crippen LogP contribution in [-0.4, -0.2) is 14.2 Å². The summed E-state index contributed by atoms with van der Waals surface area (Å²) in [6, 6.07) is 6.37. The Morgan fingerprint density at radius 3 is 2.14 bits per heavy atom. The topological polar surface area (TPSA) is 21.3 Å². The molecule has 0 aliphatic rings. The van der Waals surface area contributed by atoms with Crippen LogP contribution in [0.1, 0.15) is 17.2 Å². The summed E-state index contributed by atoms with van der Waals surface area (Å²) in [6.07, 6.45) is 0. The van der Waals surface area contributed by atoms with Crippen molar-refractivity contribution < 1.29 is 17.9 Å². The van der Waals surface area contributed by atoms with Crippen LogP contribution in [0.25, 0.3) is 0 Å². The molecule has 2 nitrogen and oxygen atoms in total. The van der Waals surface area contributed by atoms with Gasteiger partial charge in [0.15, 0.2) is 17.5 Å².